The van der Waals surface area contributed by atoms with Crippen molar-refractivity contribution in [1.82, 2.24) is 0 Å². The van der Waals surface area contributed by atoms with Crippen LogP contribution in [0.4, 0.5) is 0 Å². The van der Waals surface area contributed by atoms with Crippen molar-refractivity contribution >= 4 is 33.9 Å². The van der Waals surface area contributed by atoms with Gasteiger partial charge >= 0.3 is 10.7 Å². The molecule has 0 saturated heterocycles. The van der Waals surface area contributed by atoms with Gasteiger partial charge in [-0.2, -0.15) is 0 Å². The van der Waals surface area contributed by atoms with E-state index in [4.69, 9.17) is 32.7 Å². The van der Waals surface area contributed by atoms with E-state index >= 15 is 0 Å². The third-order valence-electron chi connectivity index (χ3n) is 1.28. The topological polar surface area (TPSA) is 43.2 Å². The van der Waals surface area contributed by atoms with E-state index in [1.165, 1.54) is 0 Å². The normalized spacial score (nSPS) is 13.5. The van der Waals surface area contributed by atoms with Gasteiger partial charge in [-0.15, -0.1) is 0 Å². The van der Waals surface area contributed by atoms with Crippen molar-refractivity contribution in [1.29, 1.82) is 0 Å². The molecule has 0 rings (SSSR count). The van der Waals surface area contributed by atoms with E-state index in [2.05, 4.69) is 10.2 Å². The summed E-state index contributed by atoms with van der Waals surface area (Å²) < 4.78 is 10.1. The van der Waals surface area contributed by atoms with Gasteiger partial charge < -0.3 is 9.47 Å². The highest BCUT2D eigenvalue weighted by atomic mass is 35.5. The predicted molar refractivity (Wildman–Crippen MR) is 68.2 cm³/mol. The fourth-order valence-electron chi connectivity index (χ4n) is 0.607. The lowest BCUT2D eigenvalue weighted by Gasteiger charge is -2.05. The van der Waals surface area contributed by atoms with Crippen LogP contribution in [0, 0.1) is 11.8 Å². The van der Waals surface area contributed by atoms with Crippen LogP contribution in [-0.2, 0) is 9.47 Å². The quantitative estimate of drug-likeness (QED) is 0.436. The van der Waals surface area contributed by atoms with E-state index in [1.807, 2.05) is 27.7 Å². The molecule has 0 heterocycles. The number of rotatable bonds is 5. The lowest BCUT2D eigenvalue weighted by atomic mass is 10.2. The van der Waals surface area contributed by atoms with Crippen molar-refractivity contribution in [3.63, 3.8) is 0 Å². The summed E-state index contributed by atoms with van der Waals surface area (Å²) in [6.45, 7) is 9.00. The molecular formula is C10H18Cl2N2O2. The van der Waals surface area contributed by atoms with Crippen LogP contribution in [0.5, 0.6) is 0 Å². The zero-order valence-electron chi connectivity index (χ0n) is 10.0. The summed E-state index contributed by atoms with van der Waals surface area (Å²) in [5.41, 5.74) is 0. The zero-order chi connectivity index (χ0) is 12.6. The number of nitrogens with zero attached hydrogens (tertiary/aromatic N) is 2. The molecule has 0 aromatic rings. The number of halogens is 2. The molecule has 0 radical (unpaired) electrons. The van der Waals surface area contributed by atoms with Crippen molar-refractivity contribution in [2.24, 2.45) is 22.0 Å². The molecule has 0 aromatic heterocycles. The second-order valence-electron chi connectivity index (χ2n) is 4.12. The molecule has 6 heteroatoms. The minimum atomic E-state index is -0.0417. The molecular weight excluding hydrogens is 251 g/mol. The van der Waals surface area contributed by atoms with Crippen LogP contribution in [0.2, 0.25) is 0 Å². The van der Waals surface area contributed by atoms with Crippen LogP contribution in [0.1, 0.15) is 27.7 Å². The Hall–Kier alpha value is -0.480. The summed E-state index contributed by atoms with van der Waals surface area (Å²) in [6, 6.07) is 0. The molecule has 0 saturated carbocycles. The molecule has 0 spiro atoms. The van der Waals surface area contributed by atoms with Crippen molar-refractivity contribution in [2.75, 3.05) is 13.2 Å². The first kappa shape index (κ1) is 15.5. The molecule has 0 aromatic carbocycles. The maximum atomic E-state index is 5.64. The van der Waals surface area contributed by atoms with Crippen molar-refractivity contribution in [3.8, 4) is 0 Å². The molecule has 0 aliphatic carbocycles. The third kappa shape index (κ3) is 10.1. The Morgan fingerprint density at radius 2 is 1.19 bits per heavy atom. The Labute approximate surface area is 107 Å². The van der Waals surface area contributed by atoms with Gasteiger partial charge in [0.1, 0.15) is 0 Å². The molecule has 0 N–H and O–H groups in total. The lowest BCUT2D eigenvalue weighted by Crippen LogP contribution is -2.06. The Morgan fingerprint density at radius 1 is 0.875 bits per heavy atom. The minimum absolute atomic E-state index is 0.0417. The summed E-state index contributed by atoms with van der Waals surface area (Å²) in [5, 5.41) is 7.05. The molecule has 16 heavy (non-hydrogen) atoms. The van der Waals surface area contributed by atoms with E-state index in [1.54, 1.807) is 0 Å². The first-order valence-corrected chi connectivity index (χ1v) is 5.89. The van der Waals surface area contributed by atoms with E-state index < -0.39 is 0 Å². The average molecular weight is 269 g/mol. The molecule has 4 nitrogen and oxygen atoms in total. The monoisotopic (exact) mass is 268 g/mol. The minimum Gasteiger partial charge on any atom is -0.468 e. The summed E-state index contributed by atoms with van der Waals surface area (Å²) in [5.74, 6) is 0.751. The molecule has 0 bridgehead atoms. The number of hydrogen-bond donors (Lipinski definition) is 0. The van der Waals surface area contributed by atoms with Crippen molar-refractivity contribution in [2.45, 2.75) is 27.7 Å². The first-order valence-electron chi connectivity index (χ1n) is 5.14. The first-order chi connectivity index (χ1) is 7.41. The Kier molecular flexibility index (Phi) is 8.39. The highest BCUT2D eigenvalue weighted by molar-refractivity contribution is 6.64. The van der Waals surface area contributed by atoms with E-state index in [0.717, 1.165) is 0 Å². The smallest absolute Gasteiger partial charge is 0.306 e. The van der Waals surface area contributed by atoms with Crippen LogP contribution in [-0.4, -0.2) is 23.9 Å². The van der Waals surface area contributed by atoms with Crippen molar-refractivity contribution < 1.29 is 9.47 Å². The molecule has 0 atom stereocenters. The fourth-order valence-corrected chi connectivity index (χ4v) is 0.809. The fraction of sp³-hybridized carbons (Fsp3) is 0.800. The highest BCUT2D eigenvalue weighted by Crippen LogP contribution is 2.00. The predicted octanol–water partition coefficient (Wildman–Crippen LogP) is 3.44. The molecule has 94 valence electrons. The van der Waals surface area contributed by atoms with Crippen LogP contribution < -0.4 is 0 Å². The van der Waals surface area contributed by atoms with Gasteiger partial charge in [0.2, 0.25) is 0 Å². The number of ether oxygens (including phenoxy) is 2. The Balaban J connectivity index is 3.96. The standard InChI is InChI=1S/C10H18Cl2N2O2/c1-7(2)5-15-9(11)13-14-10(12)16-6-8(3)4/h7-8H,5-6H2,1-4H3. The molecule has 0 amide bonds. The third-order valence-corrected chi connectivity index (χ3v) is 1.65. The van der Waals surface area contributed by atoms with Gasteiger partial charge in [-0.05, 0) is 35.0 Å². The highest BCUT2D eigenvalue weighted by Gasteiger charge is 2.00. The van der Waals surface area contributed by atoms with Gasteiger partial charge in [0.05, 0.1) is 13.2 Å². The maximum absolute atomic E-state index is 5.64. The second-order valence-corrected chi connectivity index (χ2v) is 4.76. The van der Waals surface area contributed by atoms with E-state index in [-0.39, 0.29) is 10.7 Å². The van der Waals surface area contributed by atoms with Gasteiger partial charge in [-0.1, -0.05) is 37.9 Å². The zero-order valence-corrected chi connectivity index (χ0v) is 11.5. The largest absolute Gasteiger partial charge is 0.468 e. The van der Waals surface area contributed by atoms with Crippen LogP contribution in [0.25, 0.3) is 0 Å². The summed E-state index contributed by atoms with van der Waals surface area (Å²) in [6.07, 6.45) is 0. The van der Waals surface area contributed by atoms with E-state index in [9.17, 15) is 0 Å². The molecule has 0 fully saturated rings. The molecule has 0 unspecified atom stereocenters. The Morgan fingerprint density at radius 3 is 1.44 bits per heavy atom. The average Bonchev–Trinajstić information content (AvgIpc) is 2.20. The lowest BCUT2D eigenvalue weighted by molar-refractivity contribution is 0.260. The summed E-state index contributed by atoms with van der Waals surface area (Å²) in [4.78, 5) is 0. The van der Waals surface area contributed by atoms with Gasteiger partial charge in [0.15, 0.2) is 0 Å². The molecule has 0 aliphatic rings. The SMILES string of the molecule is CC(C)COC(Cl)=NN=C(Cl)OCC(C)C. The van der Waals surface area contributed by atoms with Crippen LogP contribution >= 0.6 is 23.2 Å². The van der Waals surface area contributed by atoms with Crippen molar-refractivity contribution in [3.05, 3.63) is 0 Å². The van der Waals surface area contributed by atoms with Crippen LogP contribution in [0.15, 0.2) is 10.2 Å². The van der Waals surface area contributed by atoms with Gasteiger partial charge in [0.25, 0.3) is 0 Å². The maximum Gasteiger partial charge on any atom is 0.306 e. The summed E-state index contributed by atoms with van der Waals surface area (Å²) in [7, 11) is 0. The molecule has 0 aliphatic heterocycles. The van der Waals surface area contributed by atoms with Gasteiger partial charge in [0, 0.05) is 0 Å². The summed E-state index contributed by atoms with van der Waals surface area (Å²) >= 11 is 11.3. The van der Waals surface area contributed by atoms with E-state index in [0.29, 0.717) is 25.0 Å². The second kappa shape index (κ2) is 8.65. The van der Waals surface area contributed by atoms with Gasteiger partial charge in [-0.3, -0.25) is 0 Å². The van der Waals surface area contributed by atoms with Crippen LogP contribution in [0.3, 0.4) is 0 Å². The van der Waals surface area contributed by atoms with Gasteiger partial charge in [-0.25, -0.2) is 0 Å². The number of hydrogen-bond acceptors (Lipinski definition) is 4. The Bertz CT molecular complexity index is 227.